The van der Waals surface area contributed by atoms with Crippen LogP contribution in [0.15, 0.2) is 48.5 Å². The van der Waals surface area contributed by atoms with E-state index in [1.807, 2.05) is 24.3 Å². The number of nitrogens with zero attached hydrogens (tertiary/aromatic N) is 1. The van der Waals surface area contributed by atoms with Gasteiger partial charge in [0.2, 0.25) is 15.9 Å². The minimum atomic E-state index is -3.37. The van der Waals surface area contributed by atoms with Crippen molar-refractivity contribution >= 4 is 27.5 Å². The van der Waals surface area contributed by atoms with Gasteiger partial charge in [-0.15, -0.1) is 0 Å². The van der Waals surface area contributed by atoms with Gasteiger partial charge in [0, 0.05) is 13.1 Å². The number of carbonyl (C=O) groups is 2. The molecule has 2 amide bonds. The molecule has 2 N–H and O–H groups in total. The fourth-order valence-electron chi connectivity index (χ4n) is 3.12. The molecule has 0 saturated heterocycles. The maximum absolute atomic E-state index is 12.5. The highest BCUT2D eigenvalue weighted by atomic mass is 32.2. The predicted molar refractivity (Wildman–Crippen MR) is 109 cm³/mol. The first kappa shape index (κ1) is 20.7. The molecule has 9 heteroatoms. The fourth-order valence-corrected chi connectivity index (χ4v) is 3.71. The third kappa shape index (κ3) is 5.95. The number of nitrogens with one attached hydrogen (secondary N) is 2. The zero-order chi connectivity index (χ0) is 20.9. The number of ether oxygens (including phenoxy) is 1. The largest absolute Gasteiger partial charge is 0.484 e. The molecular formula is C20H23N3O5S. The molecule has 0 saturated carbocycles. The lowest BCUT2D eigenvalue weighted by Gasteiger charge is -2.30. The van der Waals surface area contributed by atoms with Gasteiger partial charge in [-0.25, -0.2) is 8.42 Å². The molecule has 154 valence electrons. The average molecular weight is 417 g/mol. The van der Waals surface area contributed by atoms with Crippen LogP contribution in [0.2, 0.25) is 0 Å². The monoisotopic (exact) mass is 417 g/mol. The van der Waals surface area contributed by atoms with Gasteiger partial charge in [0.05, 0.1) is 18.5 Å². The number of carbonyl (C=O) groups excluding carboxylic acids is 2. The fraction of sp³-hybridized carbons (Fsp3) is 0.300. The number of benzene rings is 2. The quantitative estimate of drug-likeness (QED) is 0.703. The van der Waals surface area contributed by atoms with Crippen molar-refractivity contribution in [2.24, 2.45) is 0 Å². The summed E-state index contributed by atoms with van der Waals surface area (Å²) in [5, 5.41) is 2.57. The van der Waals surface area contributed by atoms with Crippen LogP contribution in [0, 0.1) is 0 Å². The Kier molecular flexibility index (Phi) is 6.38. The van der Waals surface area contributed by atoms with Crippen LogP contribution in [-0.4, -0.2) is 51.1 Å². The van der Waals surface area contributed by atoms with E-state index < -0.39 is 10.0 Å². The first-order valence-corrected chi connectivity index (χ1v) is 11.0. The van der Waals surface area contributed by atoms with Gasteiger partial charge in [-0.3, -0.25) is 14.3 Å². The van der Waals surface area contributed by atoms with E-state index in [0.717, 1.165) is 17.4 Å². The van der Waals surface area contributed by atoms with E-state index in [9.17, 15) is 18.0 Å². The van der Waals surface area contributed by atoms with Gasteiger partial charge in [0.25, 0.3) is 5.91 Å². The summed E-state index contributed by atoms with van der Waals surface area (Å²) in [7, 11) is -3.37. The van der Waals surface area contributed by atoms with Crippen LogP contribution in [0.5, 0.6) is 5.75 Å². The van der Waals surface area contributed by atoms with Crippen LogP contribution in [0.1, 0.15) is 11.1 Å². The highest BCUT2D eigenvalue weighted by molar-refractivity contribution is 7.92. The van der Waals surface area contributed by atoms with Gasteiger partial charge in [0.15, 0.2) is 6.61 Å². The molecule has 1 aliphatic heterocycles. The molecule has 0 fully saturated rings. The first-order chi connectivity index (χ1) is 13.8. The first-order valence-electron chi connectivity index (χ1n) is 9.13. The molecule has 2 aromatic rings. The predicted octanol–water partition coefficient (Wildman–Crippen LogP) is 1.14. The number of hydrogen-bond donors (Lipinski definition) is 2. The van der Waals surface area contributed by atoms with Crippen molar-refractivity contribution in [3.8, 4) is 5.75 Å². The van der Waals surface area contributed by atoms with Crippen molar-refractivity contribution in [3.63, 3.8) is 0 Å². The van der Waals surface area contributed by atoms with Gasteiger partial charge < -0.3 is 15.0 Å². The molecule has 0 bridgehead atoms. The van der Waals surface area contributed by atoms with Crippen LogP contribution in [0.3, 0.4) is 0 Å². The summed E-state index contributed by atoms with van der Waals surface area (Å²) in [6.07, 6.45) is 1.64. The smallest absolute Gasteiger partial charge is 0.258 e. The lowest BCUT2D eigenvalue weighted by Crippen LogP contribution is -2.43. The standard InChI is InChI=1S/C20H23N3O5S/c1-29(26,27)22-18-9-5-6-15-13-23(11-10-17(15)18)20(25)12-21-19(24)14-28-16-7-3-2-4-8-16/h2-9,22H,10-14H2,1H3,(H,21,24). The number of fused-ring (bicyclic) bond motifs is 1. The number of hydrogen-bond acceptors (Lipinski definition) is 5. The van der Waals surface area contributed by atoms with Gasteiger partial charge in [0.1, 0.15) is 5.75 Å². The second-order valence-corrected chi connectivity index (χ2v) is 8.51. The number of amides is 2. The highest BCUT2D eigenvalue weighted by Gasteiger charge is 2.23. The van der Waals surface area contributed by atoms with Crippen LogP contribution in [0.25, 0.3) is 0 Å². The van der Waals surface area contributed by atoms with Crippen molar-refractivity contribution in [2.75, 3.05) is 30.7 Å². The summed E-state index contributed by atoms with van der Waals surface area (Å²) in [4.78, 5) is 26.0. The summed E-state index contributed by atoms with van der Waals surface area (Å²) in [6, 6.07) is 14.3. The van der Waals surface area contributed by atoms with Gasteiger partial charge in [-0.05, 0) is 35.7 Å². The Labute approximate surface area is 169 Å². The van der Waals surface area contributed by atoms with Gasteiger partial charge in [-0.2, -0.15) is 0 Å². The molecule has 1 aliphatic rings. The van der Waals surface area contributed by atoms with Crippen molar-refractivity contribution in [1.82, 2.24) is 10.2 Å². The van der Waals surface area contributed by atoms with Crippen molar-refractivity contribution in [2.45, 2.75) is 13.0 Å². The lowest BCUT2D eigenvalue weighted by molar-refractivity contribution is -0.134. The zero-order valence-corrected chi connectivity index (χ0v) is 16.9. The number of para-hydroxylation sites is 1. The molecule has 0 aliphatic carbocycles. The second kappa shape index (κ2) is 8.95. The van der Waals surface area contributed by atoms with E-state index >= 15 is 0 Å². The Morgan fingerprint density at radius 1 is 1.10 bits per heavy atom. The molecule has 3 rings (SSSR count). The molecule has 0 spiro atoms. The van der Waals surface area contributed by atoms with Gasteiger partial charge >= 0.3 is 0 Å². The second-order valence-electron chi connectivity index (χ2n) is 6.76. The summed E-state index contributed by atoms with van der Waals surface area (Å²) in [5.74, 6) is 0.00422. The summed E-state index contributed by atoms with van der Waals surface area (Å²) in [6.45, 7) is 0.531. The molecule has 0 radical (unpaired) electrons. The molecule has 0 aromatic heterocycles. The Bertz CT molecular complexity index is 992. The number of anilines is 1. The Hall–Kier alpha value is -3.07. The zero-order valence-electron chi connectivity index (χ0n) is 16.1. The third-order valence-electron chi connectivity index (χ3n) is 4.46. The average Bonchev–Trinajstić information content (AvgIpc) is 2.70. The topological polar surface area (TPSA) is 105 Å². The minimum absolute atomic E-state index is 0.117. The van der Waals surface area contributed by atoms with E-state index in [-0.39, 0.29) is 25.0 Å². The van der Waals surface area contributed by atoms with E-state index in [2.05, 4.69) is 10.0 Å². The van der Waals surface area contributed by atoms with Crippen LogP contribution in [0.4, 0.5) is 5.69 Å². The molecule has 8 nitrogen and oxygen atoms in total. The molecule has 0 atom stereocenters. The van der Waals surface area contributed by atoms with Crippen LogP contribution in [-0.2, 0) is 32.6 Å². The summed E-state index contributed by atoms with van der Waals surface area (Å²) in [5.41, 5.74) is 2.32. The van der Waals surface area contributed by atoms with E-state index in [0.29, 0.717) is 30.9 Å². The number of sulfonamides is 1. The van der Waals surface area contributed by atoms with Crippen molar-refractivity contribution in [1.29, 1.82) is 0 Å². The Morgan fingerprint density at radius 3 is 2.59 bits per heavy atom. The lowest BCUT2D eigenvalue weighted by atomic mass is 9.98. The summed E-state index contributed by atoms with van der Waals surface area (Å²) < 4.78 is 30.9. The van der Waals surface area contributed by atoms with Crippen LogP contribution < -0.4 is 14.8 Å². The SMILES string of the molecule is CS(=O)(=O)Nc1cccc2c1CCN(C(=O)CNC(=O)COc1ccccc1)C2. The van der Waals surface area contributed by atoms with E-state index in [1.165, 1.54) is 0 Å². The molecule has 1 heterocycles. The van der Waals surface area contributed by atoms with E-state index in [4.69, 9.17) is 4.74 Å². The van der Waals surface area contributed by atoms with Crippen LogP contribution >= 0.6 is 0 Å². The van der Waals surface area contributed by atoms with E-state index in [1.54, 1.807) is 29.2 Å². The molecule has 2 aromatic carbocycles. The third-order valence-corrected chi connectivity index (χ3v) is 5.05. The van der Waals surface area contributed by atoms with Gasteiger partial charge in [-0.1, -0.05) is 30.3 Å². The van der Waals surface area contributed by atoms with Crippen molar-refractivity contribution in [3.05, 3.63) is 59.7 Å². The maximum Gasteiger partial charge on any atom is 0.258 e. The Morgan fingerprint density at radius 2 is 1.86 bits per heavy atom. The normalized spacial score (nSPS) is 13.3. The van der Waals surface area contributed by atoms with Crippen molar-refractivity contribution < 1.29 is 22.7 Å². The Balaban J connectivity index is 1.52. The molecule has 0 unspecified atom stereocenters. The minimum Gasteiger partial charge on any atom is -0.484 e. The highest BCUT2D eigenvalue weighted by Crippen LogP contribution is 2.26. The maximum atomic E-state index is 12.5. The molecular weight excluding hydrogens is 394 g/mol. The molecule has 29 heavy (non-hydrogen) atoms. The number of rotatable bonds is 7. The summed E-state index contributed by atoms with van der Waals surface area (Å²) >= 11 is 0.